The van der Waals surface area contributed by atoms with Crippen LogP contribution in [0.1, 0.15) is 34.6 Å². The summed E-state index contributed by atoms with van der Waals surface area (Å²) in [6.45, 7) is 9.39. The molecule has 2 rings (SSSR count). The minimum atomic E-state index is -0.561. The van der Waals surface area contributed by atoms with Gasteiger partial charge in [-0.2, -0.15) is 0 Å². The van der Waals surface area contributed by atoms with Crippen molar-refractivity contribution in [1.29, 1.82) is 0 Å². The fourth-order valence-corrected chi connectivity index (χ4v) is 2.52. The molecule has 0 aliphatic heterocycles. The van der Waals surface area contributed by atoms with E-state index in [4.69, 9.17) is 9.47 Å². The molecule has 0 fully saturated rings. The zero-order valence-corrected chi connectivity index (χ0v) is 15.7. The third-order valence-electron chi connectivity index (χ3n) is 2.93. The molecule has 1 N–H and O–H groups in total. The molecule has 0 saturated carbocycles. The summed E-state index contributed by atoms with van der Waals surface area (Å²) in [6, 6.07) is 9.74. The largest absolute Gasteiger partial charge is 0.489 e. The second-order valence-corrected chi connectivity index (χ2v) is 7.51. The maximum Gasteiger partial charge on any atom is 0.412 e. The Kier molecular flexibility index (Phi) is 5.19. The maximum atomic E-state index is 12.2. The lowest BCUT2D eigenvalue weighted by molar-refractivity contribution is 0.0635. The molecule has 0 unspecified atom stereocenters. The number of rotatable bonds is 3. The predicted octanol–water partition coefficient (Wildman–Crippen LogP) is 5.74. The number of hydrogen-bond donors (Lipinski definition) is 1. The highest BCUT2D eigenvalue weighted by Crippen LogP contribution is 2.35. The van der Waals surface area contributed by atoms with E-state index in [0.717, 1.165) is 15.2 Å². The Morgan fingerprint density at radius 3 is 2.43 bits per heavy atom. The van der Waals surface area contributed by atoms with E-state index in [1.54, 1.807) is 0 Å². The minimum absolute atomic E-state index is 0.00112. The molecular weight excluding hydrogens is 358 g/mol. The molecule has 0 aliphatic rings. The van der Waals surface area contributed by atoms with E-state index in [2.05, 4.69) is 21.2 Å². The van der Waals surface area contributed by atoms with Crippen molar-refractivity contribution in [2.24, 2.45) is 0 Å². The zero-order valence-electron chi connectivity index (χ0n) is 14.1. The van der Waals surface area contributed by atoms with Crippen molar-refractivity contribution in [1.82, 2.24) is 0 Å². The SMILES string of the molecule is CC(C)Oc1ccc2ccc(Br)cc2c1NC(=O)OC(C)(C)C. The summed E-state index contributed by atoms with van der Waals surface area (Å²) in [5.74, 6) is 0.622. The topological polar surface area (TPSA) is 47.6 Å². The first-order valence-corrected chi connectivity index (χ1v) is 8.34. The molecule has 0 spiro atoms. The third kappa shape index (κ3) is 4.86. The summed E-state index contributed by atoms with van der Waals surface area (Å²) in [7, 11) is 0. The summed E-state index contributed by atoms with van der Waals surface area (Å²) >= 11 is 3.47. The lowest BCUT2D eigenvalue weighted by Gasteiger charge is -2.22. The number of halogens is 1. The first-order valence-electron chi connectivity index (χ1n) is 7.54. The average molecular weight is 380 g/mol. The number of benzene rings is 2. The van der Waals surface area contributed by atoms with Crippen LogP contribution in [-0.2, 0) is 4.74 Å². The Hall–Kier alpha value is -1.75. The average Bonchev–Trinajstić information content (AvgIpc) is 2.39. The van der Waals surface area contributed by atoms with Gasteiger partial charge in [0.25, 0.3) is 0 Å². The van der Waals surface area contributed by atoms with E-state index < -0.39 is 11.7 Å². The van der Waals surface area contributed by atoms with E-state index >= 15 is 0 Å². The normalized spacial score (nSPS) is 11.6. The molecule has 2 aromatic carbocycles. The van der Waals surface area contributed by atoms with Crippen LogP contribution in [0.15, 0.2) is 34.8 Å². The lowest BCUT2D eigenvalue weighted by atomic mass is 10.1. The van der Waals surface area contributed by atoms with Gasteiger partial charge in [-0.05, 0) is 58.2 Å². The highest BCUT2D eigenvalue weighted by molar-refractivity contribution is 9.10. The first kappa shape index (κ1) is 17.6. The van der Waals surface area contributed by atoms with Crippen LogP contribution in [0.2, 0.25) is 0 Å². The van der Waals surface area contributed by atoms with Crippen molar-refractivity contribution < 1.29 is 14.3 Å². The fourth-order valence-electron chi connectivity index (χ4n) is 2.16. The molecule has 23 heavy (non-hydrogen) atoms. The summed E-state index contributed by atoms with van der Waals surface area (Å²) in [5, 5.41) is 4.74. The van der Waals surface area contributed by atoms with Crippen molar-refractivity contribution in [2.45, 2.75) is 46.3 Å². The van der Waals surface area contributed by atoms with E-state index in [9.17, 15) is 4.79 Å². The van der Waals surface area contributed by atoms with Crippen LogP contribution >= 0.6 is 15.9 Å². The quantitative estimate of drug-likeness (QED) is 0.739. The molecule has 2 aromatic rings. The number of fused-ring (bicyclic) bond motifs is 1. The van der Waals surface area contributed by atoms with E-state index in [0.29, 0.717) is 11.4 Å². The molecule has 124 valence electrons. The third-order valence-corrected chi connectivity index (χ3v) is 3.43. The van der Waals surface area contributed by atoms with E-state index in [1.807, 2.05) is 65.0 Å². The monoisotopic (exact) mass is 379 g/mol. The Labute approximate surface area is 145 Å². The van der Waals surface area contributed by atoms with Crippen LogP contribution in [0.4, 0.5) is 10.5 Å². The summed E-state index contributed by atoms with van der Waals surface area (Å²) in [4.78, 5) is 12.2. The summed E-state index contributed by atoms with van der Waals surface area (Å²) in [6.07, 6.45) is -0.502. The van der Waals surface area contributed by atoms with Gasteiger partial charge in [0, 0.05) is 9.86 Å². The van der Waals surface area contributed by atoms with Crippen LogP contribution in [0.25, 0.3) is 10.8 Å². The van der Waals surface area contributed by atoms with Gasteiger partial charge in [-0.15, -0.1) is 0 Å². The summed E-state index contributed by atoms with van der Waals surface area (Å²) in [5.41, 5.74) is 0.0562. The van der Waals surface area contributed by atoms with Gasteiger partial charge in [0.05, 0.1) is 11.8 Å². The molecule has 0 bridgehead atoms. The number of carbonyl (C=O) groups is 1. The molecule has 0 aromatic heterocycles. The highest BCUT2D eigenvalue weighted by Gasteiger charge is 2.19. The van der Waals surface area contributed by atoms with Gasteiger partial charge in [-0.3, -0.25) is 5.32 Å². The lowest BCUT2D eigenvalue weighted by Crippen LogP contribution is -2.27. The van der Waals surface area contributed by atoms with Crippen LogP contribution in [0, 0.1) is 0 Å². The fraction of sp³-hybridized carbons (Fsp3) is 0.389. The highest BCUT2D eigenvalue weighted by atomic mass is 79.9. The van der Waals surface area contributed by atoms with Gasteiger partial charge in [0.15, 0.2) is 0 Å². The van der Waals surface area contributed by atoms with Gasteiger partial charge in [-0.1, -0.05) is 28.1 Å². The van der Waals surface area contributed by atoms with Crippen molar-refractivity contribution in [3.63, 3.8) is 0 Å². The van der Waals surface area contributed by atoms with E-state index in [-0.39, 0.29) is 6.10 Å². The van der Waals surface area contributed by atoms with Crippen molar-refractivity contribution >= 4 is 38.5 Å². The van der Waals surface area contributed by atoms with Gasteiger partial charge in [0.2, 0.25) is 0 Å². The second kappa shape index (κ2) is 6.79. The standard InChI is InChI=1S/C18H22BrNO3/c1-11(2)22-15-9-7-12-6-8-13(19)10-14(12)16(15)20-17(21)23-18(3,4)5/h6-11H,1-5H3,(H,20,21). The molecule has 0 radical (unpaired) electrons. The molecule has 0 atom stereocenters. The molecule has 5 heteroatoms. The number of hydrogen-bond acceptors (Lipinski definition) is 3. The van der Waals surface area contributed by atoms with Crippen LogP contribution < -0.4 is 10.1 Å². The smallest absolute Gasteiger partial charge is 0.412 e. The Bertz CT molecular complexity index is 720. The van der Waals surface area contributed by atoms with Gasteiger partial charge < -0.3 is 9.47 Å². The maximum absolute atomic E-state index is 12.2. The summed E-state index contributed by atoms with van der Waals surface area (Å²) < 4.78 is 12.1. The number of ether oxygens (including phenoxy) is 2. The zero-order chi connectivity index (χ0) is 17.2. The van der Waals surface area contributed by atoms with Crippen molar-refractivity contribution in [3.8, 4) is 5.75 Å². The number of amides is 1. The van der Waals surface area contributed by atoms with Gasteiger partial charge >= 0.3 is 6.09 Å². The molecule has 4 nitrogen and oxygen atoms in total. The second-order valence-electron chi connectivity index (χ2n) is 6.60. The van der Waals surface area contributed by atoms with Crippen LogP contribution in [0.3, 0.4) is 0 Å². The number of carbonyl (C=O) groups excluding carboxylic acids is 1. The Balaban J connectivity index is 2.47. The number of nitrogens with one attached hydrogen (secondary N) is 1. The minimum Gasteiger partial charge on any atom is -0.489 e. The molecule has 0 heterocycles. The molecule has 0 aliphatic carbocycles. The number of anilines is 1. The first-order chi connectivity index (χ1) is 10.7. The molecule has 0 saturated heterocycles. The van der Waals surface area contributed by atoms with Crippen LogP contribution in [0.5, 0.6) is 5.75 Å². The molecular formula is C18H22BrNO3. The Morgan fingerprint density at radius 1 is 1.17 bits per heavy atom. The Morgan fingerprint density at radius 2 is 1.83 bits per heavy atom. The van der Waals surface area contributed by atoms with Gasteiger partial charge in [0.1, 0.15) is 11.4 Å². The van der Waals surface area contributed by atoms with Crippen molar-refractivity contribution in [3.05, 3.63) is 34.8 Å². The molecule has 1 amide bonds. The van der Waals surface area contributed by atoms with Gasteiger partial charge in [-0.25, -0.2) is 4.79 Å². The van der Waals surface area contributed by atoms with Crippen molar-refractivity contribution in [2.75, 3.05) is 5.32 Å². The predicted molar refractivity (Wildman–Crippen MR) is 97.3 cm³/mol. The van der Waals surface area contributed by atoms with Crippen LogP contribution in [-0.4, -0.2) is 17.8 Å². The van der Waals surface area contributed by atoms with E-state index in [1.165, 1.54) is 0 Å².